The maximum atomic E-state index is 13.6. The number of alkyl halides is 3. The van der Waals surface area contributed by atoms with Gasteiger partial charge in [-0.05, 0) is 89.3 Å². The Morgan fingerprint density at radius 2 is 1.71 bits per heavy atom. The number of nitrogens with zero attached hydrogens (tertiary/aromatic N) is 4. The van der Waals surface area contributed by atoms with E-state index >= 15 is 0 Å². The van der Waals surface area contributed by atoms with E-state index in [-0.39, 0.29) is 23.9 Å². The highest BCUT2D eigenvalue weighted by Crippen LogP contribution is 2.40. The summed E-state index contributed by atoms with van der Waals surface area (Å²) >= 11 is 5.56. The van der Waals surface area contributed by atoms with Crippen LogP contribution < -0.4 is 14.5 Å². The molecule has 2 aliphatic rings. The van der Waals surface area contributed by atoms with E-state index in [4.69, 9.17) is 27.0 Å². The van der Waals surface area contributed by atoms with Crippen LogP contribution in [0.4, 0.5) is 29.3 Å². The number of carbonyl (C=O) groups is 2. The number of rotatable bonds is 4. The number of carbonyl (C=O) groups excluding carboxylic acids is 2. The fourth-order valence-electron chi connectivity index (χ4n) is 4.66. The van der Waals surface area contributed by atoms with Crippen molar-refractivity contribution in [2.75, 3.05) is 22.9 Å². The predicted molar refractivity (Wildman–Crippen MR) is 147 cm³/mol. The third-order valence-corrected chi connectivity index (χ3v) is 6.99. The topological polar surface area (TPSA) is 106 Å². The number of anilines is 2. The number of thiocarbonyl (C=S) groups is 1. The van der Waals surface area contributed by atoms with E-state index < -0.39 is 52.7 Å². The van der Waals surface area contributed by atoms with Crippen LogP contribution in [-0.2, 0) is 15.7 Å². The van der Waals surface area contributed by atoms with Crippen LogP contribution in [0.1, 0.15) is 45.7 Å². The van der Waals surface area contributed by atoms with Crippen LogP contribution in [0.2, 0.25) is 0 Å². The molecule has 2 atom stereocenters. The van der Waals surface area contributed by atoms with E-state index in [2.05, 4.69) is 0 Å². The van der Waals surface area contributed by atoms with Crippen LogP contribution in [0.5, 0.6) is 5.75 Å². The number of hydrogen-bond acceptors (Lipinski definition) is 7. The van der Waals surface area contributed by atoms with Gasteiger partial charge in [-0.25, -0.2) is 4.79 Å². The molecule has 2 aromatic carbocycles. The SMILES string of the molecule is CC(C)(C)OC(=O)N1CC(O)C(Oc2ccc(N3C(=S)N(c4ccc(C#N)c(C(F)(F)F)c4)C(=O)C3(C)C)cc2)C1. The van der Waals surface area contributed by atoms with Gasteiger partial charge < -0.3 is 24.4 Å². The number of nitriles is 1. The van der Waals surface area contributed by atoms with Crippen molar-refractivity contribution < 1.29 is 37.3 Å². The highest BCUT2D eigenvalue weighted by atomic mass is 32.1. The Kier molecular flexibility index (Phi) is 7.70. The lowest BCUT2D eigenvalue weighted by Crippen LogP contribution is -2.44. The van der Waals surface area contributed by atoms with E-state index in [1.807, 2.05) is 0 Å². The molecule has 4 rings (SSSR count). The molecule has 13 heteroatoms. The van der Waals surface area contributed by atoms with Crippen molar-refractivity contribution in [3.8, 4) is 11.8 Å². The lowest BCUT2D eigenvalue weighted by molar-refractivity contribution is -0.137. The molecule has 0 saturated carbocycles. The van der Waals surface area contributed by atoms with Crippen molar-refractivity contribution in [1.29, 1.82) is 5.26 Å². The van der Waals surface area contributed by atoms with E-state index in [1.54, 1.807) is 58.9 Å². The van der Waals surface area contributed by atoms with Gasteiger partial charge in [0, 0.05) is 5.69 Å². The summed E-state index contributed by atoms with van der Waals surface area (Å²) in [5.74, 6) is -0.158. The molecule has 218 valence electrons. The quantitative estimate of drug-likeness (QED) is 0.504. The summed E-state index contributed by atoms with van der Waals surface area (Å²) in [6, 6.07) is 11.0. The molecule has 2 aliphatic heterocycles. The highest BCUT2D eigenvalue weighted by molar-refractivity contribution is 7.81. The van der Waals surface area contributed by atoms with Crippen LogP contribution in [0.25, 0.3) is 0 Å². The third-order valence-electron chi connectivity index (χ3n) is 6.63. The molecule has 0 radical (unpaired) electrons. The lowest BCUT2D eigenvalue weighted by Gasteiger charge is -2.29. The molecule has 9 nitrogen and oxygen atoms in total. The second-order valence-corrected chi connectivity index (χ2v) is 11.6. The Morgan fingerprint density at radius 1 is 1.10 bits per heavy atom. The zero-order valence-corrected chi connectivity index (χ0v) is 23.8. The minimum atomic E-state index is -4.80. The van der Waals surface area contributed by atoms with Crippen molar-refractivity contribution in [2.24, 2.45) is 0 Å². The molecule has 41 heavy (non-hydrogen) atoms. The maximum Gasteiger partial charge on any atom is 0.417 e. The number of aliphatic hydroxyl groups excluding tert-OH is 1. The molecule has 2 saturated heterocycles. The van der Waals surface area contributed by atoms with E-state index in [1.165, 1.54) is 21.9 Å². The summed E-state index contributed by atoms with van der Waals surface area (Å²) in [4.78, 5) is 29.7. The highest BCUT2D eigenvalue weighted by Gasteiger charge is 2.50. The summed E-state index contributed by atoms with van der Waals surface area (Å²) in [5, 5.41) is 19.5. The fourth-order valence-corrected chi connectivity index (χ4v) is 5.18. The third kappa shape index (κ3) is 5.94. The summed E-state index contributed by atoms with van der Waals surface area (Å²) in [7, 11) is 0. The maximum absolute atomic E-state index is 13.6. The van der Waals surface area contributed by atoms with Crippen LogP contribution in [0, 0.1) is 11.3 Å². The Morgan fingerprint density at radius 3 is 2.27 bits per heavy atom. The van der Waals surface area contributed by atoms with Crippen LogP contribution in [0.3, 0.4) is 0 Å². The van der Waals surface area contributed by atoms with Gasteiger partial charge in [0.25, 0.3) is 5.91 Å². The molecule has 2 fully saturated rings. The molecule has 2 aromatic rings. The molecule has 2 unspecified atom stereocenters. The molecule has 2 amide bonds. The molecule has 2 heterocycles. The Labute approximate surface area is 240 Å². The standard InChI is InChI=1S/C28H29F3N4O5S/c1-26(2,3)40-25(38)33-14-21(36)22(15-33)39-19-10-8-17(9-11-19)35-24(41)34(23(37)27(35,4)5)18-7-6-16(13-32)20(12-18)28(29,30)31/h6-12,21-22,36H,14-15H2,1-5H3. The summed E-state index contributed by atoms with van der Waals surface area (Å²) < 4.78 is 52.0. The van der Waals surface area contributed by atoms with Gasteiger partial charge in [-0.2, -0.15) is 18.4 Å². The van der Waals surface area contributed by atoms with E-state index in [9.17, 15) is 27.9 Å². The Balaban J connectivity index is 1.53. The molecule has 0 aromatic heterocycles. The van der Waals surface area contributed by atoms with Gasteiger partial charge >= 0.3 is 12.3 Å². The van der Waals surface area contributed by atoms with Crippen molar-refractivity contribution in [2.45, 2.75) is 64.1 Å². The number of benzene rings is 2. The van der Waals surface area contributed by atoms with Gasteiger partial charge in [0.1, 0.15) is 29.1 Å². The second kappa shape index (κ2) is 10.5. The summed E-state index contributed by atoms with van der Waals surface area (Å²) in [6.45, 7) is 8.61. The zero-order valence-electron chi connectivity index (χ0n) is 23.0. The van der Waals surface area contributed by atoms with Gasteiger partial charge in [0.15, 0.2) is 5.11 Å². The largest absolute Gasteiger partial charge is 0.486 e. The number of amides is 2. The fraction of sp³-hybridized carbons (Fsp3) is 0.429. The first-order chi connectivity index (χ1) is 18.9. The number of β-amino-alcohol motifs (C(OH)–C–C–N with tert-alkyl or cyclic N) is 1. The summed E-state index contributed by atoms with van der Waals surface area (Å²) in [6.07, 6.45) is -6.99. The number of hydrogen-bond donors (Lipinski definition) is 1. The molecule has 0 aliphatic carbocycles. The van der Waals surface area contributed by atoms with Crippen molar-refractivity contribution in [3.63, 3.8) is 0 Å². The van der Waals surface area contributed by atoms with Crippen LogP contribution in [-0.4, -0.2) is 63.6 Å². The van der Waals surface area contributed by atoms with Gasteiger partial charge in [0.05, 0.1) is 36.0 Å². The number of ether oxygens (including phenoxy) is 2. The average molecular weight is 591 g/mol. The number of likely N-dealkylation sites (tertiary alicyclic amines) is 1. The zero-order chi connectivity index (χ0) is 30.5. The minimum Gasteiger partial charge on any atom is -0.486 e. The smallest absolute Gasteiger partial charge is 0.417 e. The normalized spacial score (nSPS) is 20.8. The predicted octanol–water partition coefficient (Wildman–Crippen LogP) is 4.85. The Bertz CT molecular complexity index is 1420. The van der Waals surface area contributed by atoms with Crippen molar-refractivity contribution in [3.05, 3.63) is 53.6 Å². The molecule has 0 bridgehead atoms. The van der Waals surface area contributed by atoms with Gasteiger partial charge in [-0.1, -0.05) is 0 Å². The van der Waals surface area contributed by atoms with Gasteiger partial charge in [-0.15, -0.1) is 0 Å². The van der Waals surface area contributed by atoms with Crippen molar-refractivity contribution in [1.82, 2.24) is 4.90 Å². The first kappa shape index (κ1) is 30.1. The van der Waals surface area contributed by atoms with Crippen molar-refractivity contribution >= 4 is 40.7 Å². The average Bonchev–Trinajstić information content (AvgIpc) is 3.31. The van der Waals surface area contributed by atoms with Crippen LogP contribution in [0.15, 0.2) is 42.5 Å². The molecule has 0 spiro atoms. The lowest BCUT2D eigenvalue weighted by atomic mass is 10.0. The molecular weight excluding hydrogens is 561 g/mol. The number of aliphatic hydroxyl groups is 1. The molecule has 1 N–H and O–H groups in total. The number of halogens is 3. The minimum absolute atomic E-state index is 0.0364. The molecular formula is C28H29F3N4O5S. The first-order valence-corrected chi connectivity index (χ1v) is 13.1. The Hall–Kier alpha value is -3.89. The van der Waals surface area contributed by atoms with Crippen LogP contribution >= 0.6 is 12.2 Å². The van der Waals surface area contributed by atoms with Gasteiger partial charge in [0.2, 0.25) is 0 Å². The van der Waals surface area contributed by atoms with E-state index in [0.717, 1.165) is 17.0 Å². The first-order valence-electron chi connectivity index (χ1n) is 12.7. The summed E-state index contributed by atoms with van der Waals surface area (Å²) in [5.41, 5.74) is -3.28. The monoisotopic (exact) mass is 590 g/mol. The van der Waals surface area contributed by atoms with E-state index in [0.29, 0.717) is 11.4 Å². The second-order valence-electron chi connectivity index (χ2n) is 11.3. The van der Waals surface area contributed by atoms with Gasteiger partial charge in [-0.3, -0.25) is 9.69 Å².